The number of aromatic nitrogens is 1. The van der Waals surface area contributed by atoms with Crippen LogP contribution in [0.4, 0.5) is 10.1 Å². The highest BCUT2D eigenvalue weighted by Gasteiger charge is 2.11. The minimum atomic E-state index is -0.425. The van der Waals surface area contributed by atoms with E-state index in [0.29, 0.717) is 27.0 Å². The molecule has 106 valence electrons. The van der Waals surface area contributed by atoms with E-state index in [9.17, 15) is 9.18 Å². The molecule has 4 nitrogen and oxygen atoms in total. The maximum Gasteiger partial charge on any atom is 0.265 e. The molecule has 2 N–H and O–H groups in total. The molecule has 0 aliphatic carbocycles. The molecule has 1 aromatic heterocycles. The normalized spacial score (nSPS) is 10.6. The fourth-order valence-electron chi connectivity index (χ4n) is 1.82. The highest BCUT2D eigenvalue weighted by atomic mass is 79.9. The highest BCUT2D eigenvalue weighted by molar-refractivity contribution is 9.10. The summed E-state index contributed by atoms with van der Waals surface area (Å²) in [6.45, 7) is 1.86. The Morgan fingerprint density at radius 2 is 2.15 bits per heavy atom. The van der Waals surface area contributed by atoms with Gasteiger partial charge < -0.3 is 15.0 Å². The number of ether oxygens (including phenoxy) is 1. The van der Waals surface area contributed by atoms with Crippen molar-refractivity contribution in [3.8, 4) is 5.75 Å². The Hall–Kier alpha value is -1.82. The molecule has 0 bridgehead atoms. The SMILES string of the molecule is COc1ccc(Cn2cc(N)c(C)c(Br)c2=O)c(F)c1. The summed E-state index contributed by atoms with van der Waals surface area (Å²) in [5.41, 5.74) is 7.13. The largest absolute Gasteiger partial charge is 0.497 e. The number of anilines is 1. The average molecular weight is 341 g/mol. The first-order valence-corrected chi connectivity index (χ1v) is 6.70. The van der Waals surface area contributed by atoms with E-state index in [1.165, 1.54) is 23.9 Å². The van der Waals surface area contributed by atoms with Crippen molar-refractivity contribution >= 4 is 21.6 Å². The van der Waals surface area contributed by atoms with Crippen LogP contribution in [0, 0.1) is 12.7 Å². The molecule has 0 saturated carbocycles. The molecule has 2 aromatic rings. The smallest absolute Gasteiger partial charge is 0.265 e. The monoisotopic (exact) mass is 340 g/mol. The Balaban J connectivity index is 2.43. The number of benzene rings is 1. The third-order valence-corrected chi connectivity index (χ3v) is 4.04. The first kappa shape index (κ1) is 14.6. The molecule has 0 spiro atoms. The number of pyridine rings is 1. The Morgan fingerprint density at radius 3 is 2.75 bits per heavy atom. The van der Waals surface area contributed by atoms with Gasteiger partial charge in [0.15, 0.2) is 0 Å². The lowest BCUT2D eigenvalue weighted by Gasteiger charge is -2.11. The van der Waals surface area contributed by atoms with Crippen molar-refractivity contribution in [3.63, 3.8) is 0 Å². The predicted octanol–water partition coefficient (Wildman–Crippen LogP) is 2.70. The summed E-state index contributed by atoms with van der Waals surface area (Å²) in [4.78, 5) is 12.1. The second-order valence-corrected chi connectivity index (χ2v) is 5.21. The van der Waals surface area contributed by atoms with Gasteiger partial charge in [-0.25, -0.2) is 4.39 Å². The van der Waals surface area contributed by atoms with Crippen molar-refractivity contribution in [2.75, 3.05) is 12.8 Å². The van der Waals surface area contributed by atoms with E-state index in [0.717, 1.165) is 0 Å². The summed E-state index contributed by atoms with van der Waals surface area (Å²) in [6, 6.07) is 4.52. The first-order valence-electron chi connectivity index (χ1n) is 5.91. The highest BCUT2D eigenvalue weighted by Crippen LogP contribution is 2.20. The maximum atomic E-state index is 13.9. The number of nitrogen functional groups attached to an aromatic ring is 1. The van der Waals surface area contributed by atoms with E-state index in [1.807, 2.05) is 0 Å². The molecule has 0 fully saturated rings. The summed E-state index contributed by atoms with van der Waals surface area (Å²) in [7, 11) is 1.47. The fraction of sp³-hybridized carbons (Fsp3) is 0.214. The molecule has 0 unspecified atom stereocenters. The van der Waals surface area contributed by atoms with Crippen molar-refractivity contribution in [1.82, 2.24) is 4.57 Å². The van der Waals surface area contributed by atoms with Gasteiger partial charge in [0.05, 0.1) is 23.8 Å². The molecule has 0 aliphatic rings. The molecule has 0 saturated heterocycles. The van der Waals surface area contributed by atoms with Gasteiger partial charge in [-0.1, -0.05) is 6.07 Å². The van der Waals surface area contributed by atoms with Crippen LogP contribution in [0.15, 0.2) is 33.7 Å². The van der Waals surface area contributed by atoms with Crippen LogP contribution in [0.5, 0.6) is 5.75 Å². The second kappa shape index (κ2) is 5.66. The number of methoxy groups -OCH3 is 1. The van der Waals surface area contributed by atoms with Crippen molar-refractivity contribution < 1.29 is 9.13 Å². The van der Waals surface area contributed by atoms with Gasteiger partial charge in [0.25, 0.3) is 5.56 Å². The Bertz CT molecular complexity index is 713. The van der Waals surface area contributed by atoms with Crippen molar-refractivity contribution in [3.05, 3.63) is 56.2 Å². The lowest BCUT2D eigenvalue weighted by molar-refractivity contribution is 0.410. The van der Waals surface area contributed by atoms with Crippen LogP contribution in [0.3, 0.4) is 0 Å². The maximum absolute atomic E-state index is 13.9. The topological polar surface area (TPSA) is 57.2 Å². The zero-order valence-corrected chi connectivity index (χ0v) is 12.7. The van der Waals surface area contributed by atoms with Crippen molar-refractivity contribution in [2.24, 2.45) is 0 Å². The number of hydrogen-bond acceptors (Lipinski definition) is 3. The number of nitrogens with zero attached hydrogens (tertiary/aromatic N) is 1. The molecule has 2 rings (SSSR count). The summed E-state index contributed by atoms with van der Waals surface area (Å²) in [5, 5.41) is 0. The van der Waals surface area contributed by atoms with Crippen LogP contribution in [-0.2, 0) is 6.54 Å². The van der Waals surface area contributed by atoms with Crippen LogP contribution in [0.1, 0.15) is 11.1 Å². The zero-order chi connectivity index (χ0) is 14.9. The van der Waals surface area contributed by atoms with Gasteiger partial charge in [-0.15, -0.1) is 0 Å². The summed E-state index contributed by atoms with van der Waals surface area (Å²) >= 11 is 3.21. The molecule has 20 heavy (non-hydrogen) atoms. The zero-order valence-electron chi connectivity index (χ0n) is 11.1. The Morgan fingerprint density at radius 1 is 1.45 bits per heavy atom. The Kier molecular flexibility index (Phi) is 4.13. The molecule has 0 atom stereocenters. The van der Waals surface area contributed by atoms with E-state index >= 15 is 0 Å². The van der Waals surface area contributed by atoms with Gasteiger partial charge >= 0.3 is 0 Å². The quantitative estimate of drug-likeness (QED) is 0.934. The number of halogens is 2. The van der Waals surface area contributed by atoms with E-state index in [-0.39, 0.29) is 12.1 Å². The fourth-order valence-corrected chi connectivity index (χ4v) is 2.28. The summed E-state index contributed by atoms with van der Waals surface area (Å²) < 4.78 is 20.6. The van der Waals surface area contributed by atoms with Gasteiger partial charge in [0.2, 0.25) is 0 Å². The second-order valence-electron chi connectivity index (χ2n) is 4.41. The van der Waals surface area contributed by atoms with Gasteiger partial charge in [0.1, 0.15) is 11.6 Å². The third-order valence-electron chi connectivity index (χ3n) is 3.11. The molecule has 6 heteroatoms. The van der Waals surface area contributed by atoms with Gasteiger partial charge in [-0.05, 0) is 34.5 Å². The molecular weight excluding hydrogens is 327 g/mol. The minimum Gasteiger partial charge on any atom is -0.497 e. The molecule has 1 heterocycles. The third kappa shape index (κ3) is 2.70. The van der Waals surface area contributed by atoms with Crippen LogP contribution < -0.4 is 16.0 Å². The van der Waals surface area contributed by atoms with Gasteiger partial charge in [-0.3, -0.25) is 4.79 Å². The number of nitrogens with two attached hydrogens (primary N) is 1. The van der Waals surface area contributed by atoms with Gasteiger partial charge in [-0.2, -0.15) is 0 Å². The average Bonchev–Trinajstić information content (AvgIpc) is 2.44. The van der Waals surface area contributed by atoms with E-state index < -0.39 is 5.82 Å². The lowest BCUT2D eigenvalue weighted by atomic mass is 10.2. The minimum absolute atomic E-state index is 0.109. The lowest BCUT2D eigenvalue weighted by Crippen LogP contribution is -2.23. The summed E-state index contributed by atoms with van der Waals surface area (Å²) in [6.07, 6.45) is 1.52. The summed E-state index contributed by atoms with van der Waals surface area (Å²) in [5.74, 6) is 0.00900. The van der Waals surface area contributed by atoms with E-state index in [2.05, 4.69) is 15.9 Å². The number of hydrogen-bond donors (Lipinski definition) is 1. The molecule has 0 radical (unpaired) electrons. The number of rotatable bonds is 3. The first-order chi connectivity index (χ1) is 9.43. The van der Waals surface area contributed by atoms with Crippen molar-refractivity contribution in [2.45, 2.75) is 13.5 Å². The van der Waals surface area contributed by atoms with E-state index in [1.54, 1.807) is 19.1 Å². The van der Waals surface area contributed by atoms with Gasteiger partial charge in [0, 0.05) is 17.8 Å². The Labute approximate surface area is 124 Å². The van der Waals surface area contributed by atoms with E-state index in [4.69, 9.17) is 10.5 Å². The standard InChI is InChI=1S/C14H14BrFN2O2/c1-8-12(17)7-18(14(19)13(8)15)6-9-3-4-10(20-2)5-11(9)16/h3-5,7H,6,17H2,1-2H3. The molecule has 0 aliphatic heterocycles. The van der Waals surface area contributed by atoms with Crippen LogP contribution in [-0.4, -0.2) is 11.7 Å². The molecular formula is C14H14BrFN2O2. The van der Waals surface area contributed by atoms with Crippen LogP contribution >= 0.6 is 15.9 Å². The predicted molar refractivity (Wildman–Crippen MR) is 79.6 cm³/mol. The molecule has 1 aromatic carbocycles. The van der Waals surface area contributed by atoms with Crippen LogP contribution in [0.25, 0.3) is 0 Å². The van der Waals surface area contributed by atoms with Crippen LogP contribution in [0.2, 0.25) is 0 Å². The molecule has 0 amide bonds. The van der Waals surface area contributed by atoms with Crippen molar-refractivity contribution in [1.29, 1.82) is 0 Å².